The van der Waals surface area contributed by atoms with Gasteiger partial charge in [-0.05, 0) is 37.1 Å². The van der Waals surface area contributed by atoms with Gasteiger partial charge in [0.1, 0.15) is 18.5 Å². The van der Waals surface area contributed by atoms with E-state index in [-0.39, 0.29) is 18.3 Å². The van der Waals surface area contributed by atoms with E-state index >= 15 is 0 Å². The summed E-state index contributed by atoms with van der Waals surface area (Å²) in [6, 6.07) is 11.7. The molecule has 0 radical (unpaired) electrons. The normalized spacial score (nSPS) is 17.7. The molecule has 2 aromatic rings. The van der Waals surface area contributed by atoms with E-state index in [0.29, 0.717) is 6.42 Å². The Bertz CT molecular complexity index is 723. The number of morpholine rings is 1. The molecular weight excluding hydrogens is 388 g/mol. The number of amides is 1. The van der Waals surface area contributed by atoms with E-state index in [1.165, 1.54) is 4.90 Å². The number of hydrogen-bond donors (Lipinski definition) is 1. The van der Waals surface area contributed by atoms with Crippen LogP contribution in [0.15, 0.2) is 48.8 Å². The summed E-state index contributed by atoms with van der Waals surface area (Å²) in [6.45, 7) is 6.09. The lowest BCUT2D eigenvalue weighted by Gasteiger charge is -2.36. The Morgan fingerprint density at radius 3 is 2.10 bits per heavy atom. The largest absolute Gasteiger partial charge is 1.00 e. The lowest BCUT2D eigenvalue weighted by molar-refractivity contribution is -0.908. The van der Waals surface area contributed by atoms with Crippen LogP contribution in [0.5, 0.6) is 0 Å². The average molecular weight is 417 g/mol. The van der Waals surface area contributed by atoms with Crippen molar-refractivity contribution in [3.8, 4) is 0 Å². The van der Waals surface area contributed by atoms with Crippen LogP contribution in [0.2, 0.25) is 0 Å². The molecule has 0 aliphatic carbocycles. The molecule has 2 saturated heterocycles. The SMILES string of the molecule is O=C(N1CCCC1)C(CC[NH+]1CCOCC1)(c1ccccn1)c1ccccn1.[Cl-]. The highest BCUT2D eigenvalue weighted by Gasteiger charge is 2.48. The third-order valence-corrected chi connectivity index (χ3v) is 6.02. The Morgan fingerprint density at radius 1 is 1.00 bits per heavy atom. The second kappa shape index (κ2) is 10.1. The summed E-state index contributed by atoms with van der Waals surface area (Å²) in [6.07, 6.45) is 6.41. The second-order valence-electron chi connectivity index (χ2n) is 7.70. The van der Waals surface area contributed by atoms with Gasteiger partial charge in [0.2, 0.25) is 5.91 Å². The number of nitrogens with one attached hydrogen (secondary N) is 1. The van der Waals surface area contributed by atoms with Gasteiger partial charge in [0.25, 0.3) is 0 Å². The number of aromatic nitrogens is 2. The third kappa shape index (κ3) is 4.60. The van der Waals surface area contributed by atoms with Gasteiger partial charge in [0.05, 0.1) is 31.1 Å². The highest BCUT2D eigenvalue weighted by atomic mass is 35.5. The second-order valence-corrected chi connectivity index (χ2v) is 7.70. The predicted molar refractivity (Wildman–Crippen MR) is 106 cm³/mol. The summed E-state index contributed by atoms with van der Waals surface area (Å²) in [4.78, 5) is 26.8. The number of halogens is 1. The molecule has 0 bridgehead atoms. The zero-order chi connectivity index (χ0) is 19.2. The van der Waals surface area contributed by atoms with Crippen LogP contribution in [-0.2, 0) is 14.9 Å². The van der Waals surface area contributed by atoms with E-state index in [1.54, 1.807) is 12.4 Å². The molecule has 1 N–H and O–H groups in total. The molecule has 2 aliphatic rings. The first-order chi connectivity index (χ1) is 13.8. The van der Waals surface area contributed by atoms with Gasteiger partial charge < -0.3 is 26.9 Å². The fourth-order valence-electron chi connectivity index (χ4n) is 4.41. The topological polar surface area (TPSA) is 59.8 Å². The maximum Gasteiger partial charge on any atom is 0.241 e. The smallest absolute Gasteiger partial charge is 0.241 e. The molecule has 29 heavy (non-hydrogen) atoms. The molecule has 0 saturated carbocycles. The highest BCUT2D eigenvalue weighted by Crippen LogP contribution is 2.36. The number of quaternary nitrogens is 1. The van der Waals surface area contributed by atoms with Gasteiger partial charge in [-0.1, -0.05) is 12.1 Å². The van der Waals surface area contributed by atoms with Crippen molar-refractivity contribution in [3.05, 3.63) is 60.2 Å². The van der Waals surface area contributed by atoms with Crippen LogP contribution in [0.1, 0.15) is 30.7 Å². The summed E-state index contributed by atoms with van der Waals surface area (Å²) in [5, 5.41) is 0. The zero-order valence-electron chi connectivity index (χ0n) is 16.7. The molecule has 4 heterocycles. The van der Waals surface area contributed by atoms with E-state index in [1.807, 2.05) is 41.3 Å². The van der Waals surface area contributed by atoms with Gasteiger partial charge in [-0.15, -0.1) is 0 Å². The van der Waals surface area contributed by atoms with Crippen LogP contribution >= 0.6 is 0 Å². The molecule has 0 aromatic carbocycles. The van der Waals surface area contributed by atoms with Crippen molar-refractivity contribution < 1.29 is 26.8 Å². The first kappa shape index (κ1) is 21.7. The molecule has 0 unspecified atom stereocenters. The van der Waals surface area contributed by atoms with Crippen LogP contribution < -0.4 is 17.3 Å². The molecule has 156 valence electrons. The van der Waals surface area contributed by atoms with Gasteiger partial charge >= 0.3 is 0 Å². The van der Waals surface area contributed by atoms with Crippen LogP contribution in [0.3, 0.4) is 0 Å². The first-order valence-corrected chi connectivity index (χ1v) is 10.3. The quantitative estimate of drug-likeness (QED) is 0.575. The highest BCUT2D eigenvalue weighted by molar-refractivity contribution is 5.91. The Kier molecular flexibility index (Phi) is 7.58. The van der Waals surface area contributed by atoms with Crippen molar-refractivity contribution in [2.45, 2.75) is 24.7 Å². The summed E-state index contributed by atoms with van der Waals surface area (Å²) in [7, 11) is 0. The Labute approximate surface area is 178 Å². The number of rotatable bonds is 6. The standard InChI is InChI=1S/C22H28N4O2.ClH/c27-21(26-12-5-6-13-26)22(19-7-1-3-10-23-19,20-8-2-4-11-24-20)9-14-25-15-17-28-18-16-25;/h1-4,7-8,10-11H,5-6,9,12-18H2;1H. The molecule has 7 heteroatoms. The molecule has 2 aliphatic heterocycles. The van der Waals surface area contributed by atoms with Gasteiger partial charge in [-0.25, -0.2) is 0 Å². The van der Waals surface area contributed by atoms with Crippen LogP contribution in [-0.4, -0.2) is 66.7 Å². The van der Waals surface area contributed by atoms with Crippen molar-refractivity contribution in [1.82, 2.24) is 14.9 Å². The molecule has 1 amide bonds. The minimum Gasteiger partial charge on any atom is -1.00 e. The minimum absolute atomic E-state index is 0. The Morgan fingerprint density at radius 2 is 1.59 bits per heavy atom. The fraction of sp³-hybridized carbons (Fsp3) is 0.500. The number of pyridine rings is 2. The van der Waals surface area contributed by atoms with Crippen molar-refractivity contribution >= 4 is 5.91 Å². The van der Waals surface area contributed by atoms with E-state index in [9.17, 15) is 4.79 Å². The lowest BCUT2D eigenvalue weighted by Crippen LogP contribution is -3.14. The fourth-order valence-corrected chi connectivity index (χ4v) is 4.41. The van der Waals surface area contributed by atoms with Gasteiger partial charge in [-0.3, -0.25) is 14.8 Å². The number of ether oxygens (including phenoxy) is 1. The summed E-state index contributed by atoms with van der Waals surface area (Å²) < 4.78 is 5.51. The summed E-state index contributed by atoms with van der Waals surface area (Å²) >= 11 is 0. The number of nitrogens with zero attached hydrogens (tertiary/aromatic N) is 3. The Hall–Kier alpha value is -2.02. The van der Waals surface area contributed by atoms with Gasteiger partial charge in [0, 0.05) is 31.9 Å². The average Bonchev–Trinajstić information content (AvgIpc) is 3.31. The maximum atomic E-state index is 14.0. The Balaban J connectivity index is 0.00000240. The molecule has 6 nitrogen and oxygen atoms in total. The van der Waals surface area contributed by atoms with E-state index in [2.05, 4.69) is 9.97 Å². The molecule has 4 rings (SSSR count). The number of hydrogen-bond acceptors (Lipinski definition) is 4. The number of carbonyl (C=O) groups is 1. The van der Waals surface area contributed by atoms with Crippen molar-refractivity contribution in [3.63, 3.8) is 0 Å². The van der Waals surface area contributed by atoms with Gasteiger partial charge in [0.15, 0.2) is 0 Å². The molecule has 2 fully saturated rings. The van der Waals surface area contributed by atoms with Crippen molar-refractivity contribution in [1.29, 1.82) is 0 Å². The van der Waals surface area contributed by atoms with Crippen LogP contribution in [0.25, 0.3) is 0 Å². The van der Waals surface area contributed by atoms with Crippen molar-refractivity contribution in [2.75, 3.05) is 45.9 Å². The number of carbonyl (C=O) groups excluding carboxylic acids is 1. The number of likely N-dealkylation sites (tertiary alicyclic amines) is 1. The lowest BCUT2D eigenvalue weighted by atomic mass is 9.75. The van der Waals surface area contributed by atoms with Crippen molar-refractivity contribution in [2.24, 2.45) is 0 Å². The van der Waals surface area contributed by atoms with Crippen LogP contribution in [0, 0.1) is 0 Å². The summed E-state index contributed by atoms with van der Waals surface area (Å²) in [5.74, 6) is 0.148. The van der Waals surface area contributed by atoms with E-state index in [0.717, 1.165) is 70.2 Å². The monoisotopic (exact) mass is 416 g/mol. The van der Waals surface area contributed by atoms with Gasteiger partial charge in [-0.2, -0.15) is 0 Å². The third-order valence-electron chi connectivity index (χ3n) is 6.02. The molecule has 0 spiro atoms. The van der Waals surface area contributed by atoms with Crippen LogP contribution in [0.4, 0.5) is 0 Å². The van der Waals surface area contributed by atoms with E-state index in [4.69, 9.17) is 4.74 Å². The predicted octanol–water partition coefficient (Wildman–Crippen LogP) is -2.31. The van der Waals surface area contributed by atoms with E-state index < -0.39 is 5.41 Å². The molecular formula is C22H29ClN4O2. The molecule has 0 atom stereocenters. The minimum atomic E-state index is -0.835. The maximum absolute atomic E-state index is 14.0. The first-order valence-electron chi connectivity index (χ1n) is 10.3. The summed E-state index contributed by atoms with van der Waals surface area (Å²) in [5.41, 5.74) is 0.773. The zero-order valence-corrected chi connectivity index (χ0v) is 17.5. The molecule has 2 aromatic heterocycles.